The van der Waals surface area contributed by atoms with E-state index in [4.69, 9.17) is 9.47 Å². The number of morpholine rings is 1. The highest BCUT2D eigenvalue weighted by molar-refractivity contribution is 5.70. The Kier molecular flexibility index (Phi) is 6.24. The highest BCUT2D eigenvalue weighted by atomic mass is 16.6. The molecule has 0 saturated carbocycles. The predicted octanol–water partition coefficient (Wildman–Crippen LogP) is 3.51. The van der Waals surface area contributed by atoms with Gasteiger partial charge < -0.3 is 9.47 Å². The number of carbonyl (C=O) groups excluding carboxylic acids is 1. The summed E-state index contributed by atoms with van der Waals surface area (Å²) < 4.78 is 11.2. The monoisotopic (exact) mass is 380 g/mol. The average Bonchev–Trinajstić information content (AvgIpc) is 3.10. The van der Waals surface area contributed by atoms with Gasteiger partial charge in [0.05, 0.1) is 25.8 Å². The lowest BCUT2D eigenvalue weighted by Gasteiger charge is -2.31. The van der Waals surface area contributed by atoms with E-state index in [2.05, 4.69) is 29.2 Å². The van der Waals surface area contributed by atoms with Crippen molar-refractivity contribution in [2.45, 2.75) is 25.0 Å². The first-order chi connectivity index (χ1) is 13.8. The van der Waals surface area contributed by atoms with Crippen LogP contribution in [0.3, 0.4) is 0 Å². The Morgan fingerprint density at radius 2 is 1.64 bits per heavy atom. The Morgan fingerprint density at radius 1 is 0.964 bits per heavy atom. The lowest BCUT2D eigenvalue weighted by atomic mass is 10.0. The van der Waals surface area contributed by atoms with Crippen LogP contribution in [0.25, 0.3) is 0 Å². The van der Waals surface area contributed by atoms with E-state index in [1.165, 1.54) is 11.1 Å². The smallest absolute Gasteiger partial charge is 0.410 e. The van der Waals surface area contributed by atoms with E-state index >= 15 is 0 Å². The Bertz CT molecular complexity index is 747. The molecule has 2 fully saturated rings. The van der Waals surface area contributed by atoms with Crippen molar-refractivity contribution in [1.82, 2.24) is 9.80 Å². The summed E-state index contributed by atoms with van der Waals surface area (Å²) in [4.78, 5) is 17.0. The lowest BCUT2D eigenvalue weighted by Crippen LogP contribution is -2.39. The van der Waals surface area contributed by atoms with E-state index in [0.29, 0.717) is 6.54 Å². The maximum Gasteiger partial charge on any atom is 0.410 e. The fraction of sp³-hybridized carbons (Fsp3) is 0.435. The molecule has 0 radical (unpaired) electrons. The van der Waals surface area contributed by atoms with Crippen molar-refractivity contribution >= 4 is 6.09 Å². The number of nitrogens with zero attached hydrogens (tertiary/aromatic N) is 2. The lowest BCUT2D eigenvalue weighted by molar-refractivity contribution is 0.0341. The van der Waals surface area contributed by atoms with Crippen LogP contribution in [0.5, 0.6) is 0 Å². The number of carbonyl (C=O) groups is 1. The van der Waals surface area contributed by atoms with Crippen molar-refractivity contribution in [3.63, 3.8) is 0 Å². The first-order valence-electron chi connectivity index (χ1n) is 10.2. The van der Waals surface area contributed by atoms with Crippen molar-refractivity contribution in [2.24, 2.45) is 0 Å². The van der Waals surface area contributed by atoms with Gasteiger partial charge in [-0.15, -0.1) is 0 Å². The number of ether oxygens (including phenoxy) is 2. The van der Waals surface area contributed by atoms with Gasteiger partial charge in [0.1, 0.15) is 6.10 Å². The molecule has 5 nitrogen and oxygen atoms in total. The average molecular weight is 380 g/mol. The van der Waals surface area contributed by atoms with E-state index < -0.39 is 0 Å². The van der Waals surface area contributed by atoms with Crippen molar-refractivity contribution in [3.05, 3.63) is 71.8 Å². The normalized spacial score (nSPS) is 21.5. The quantitative estimate of drug-likeness (QED) is 0.737. The van der Waals surface area contributed by atoms with E-state index in [9.17, 15) is 4.79 Å². The van der Waals surface area contributed by atoms with Crippen LogP contribution in [0.4, 0.5) is 4.79 Å². The van der Waals surface area contributed by atoms with Crippen molar-refractivity contribution in [1.29, 1.82) is 0 Å². The van der Waals surface area contributed by atoms with Gasteiger partial charge in [0, 0.05) is 26.1 Å². The molecular weight excluding hydrogens is 352 g/mol. The Morgan fingerprint density at radius 3 is 2.36 bits per heavy atom. The minimum atomic E-state index is -0.197. The molecule has 2 aromatic carbocycles. The molecule has 2 heterocycles. The van der Waals surface area contributed by atoms with Crippen LogP contribution in [0.1, 0.15) is 23.6 Å². The molecule has 0 aromatic heterocycles. The second-order valence-electron chi connectivity index (χ2n) is 7.52. The first kappa shape index (κ1) is 19.0. The van der Waals surface area contributed by atoms with Gasteiger partial charge in [0.25, 0.3) is 0 Å². The van der Waals surface area contributed by atoms with Gasteiger partial charge in [0.15, 0.2) is 0 Å². The number of hydrogen-bond donors (Lipinski definition) is 0. The minimum absolute atomic E-state index is 0.0392. The van der Waals surface area contributed by atoms with Gasteiger partial charge in [-0.25, -0.2) is 4.79 Å². The molecule has 0 spiro atoms. The van der Waals surface area contributed by atoms with Crippen LogP contribution in [-0.2, 0) is 15.9 Å². The van der Waals surface area contributed by atoms with Crippen molar-refractivity contribution in [2.75, 3.05) is 39.4 Å². The Hall–Kier alpha value is -2.37. The molecule has 148 valence electrons. The fourth-order valence-electron chi connectivity index (χ4n) is 4.09. The summed E-state index contributed by atoms with van der Waals surface area (Å²) in [5.74, 6) is 0. The summed E-state index contributed by atoms with van der Waals surface area (Å²) in [7, 11) is 0. The number of cyclic esters (lactones) is 1. The summed E-state index contributed by atoms with van der Waals surface area (Å²) >= 11 is 0. The molecule has 5 heteroatoms. The third-order valence-corrected chi connectivity index (χ3v) is 5.59. The molecule has 0 bridgehead atoms. The number of amides is 1. The van der Waals surface area contributed by atoms with Crippen LogP contribution in [-0.4, -0.2) is 61.4 Å². The molecule has 2 aliphatic rings. The van der Waals surface area contributed by atoms with Gasteiger partial charge in [-0.2, -0.15) is 0 Å². The SMILES string of the molecule is O=C1O[C@H](Cc2ccccc2)CN1[C@@H](CCN1CCOCC1)c1ccccc1. The molecule has 2 aromatic rings. The van der Waals surface area contributed by atoms with Gasteiger partial charge in [0.2, 0.25) is 0 Å². The molecule has 2 atom stereocenters. The predicted molar refractivity (Wildman–Crippen MR) is 108 cm³/mol. The van der Waals surface area contributed by atoms with E-state index in [0.717, 1.165) is 45.7 Å². The molecule has 0 unspecified atom stereocenters. The maximum atomic E-state index is 12.7. The summed E-state index contributed by atoms with van der Waals surface area (Å²) in [6.45, 7) is 5.10. The highest BCUT2D eigenvalue weighted by Crippen LogP contribution is 2.30. The van der Waals surface area contributed by atoms with E-state index in [1.807, 2.05) is 41.3 Å². The zero-order valence-electron chi connectivity index (χ0n) is 16.2. The zero-order valence-corrected chi connectivity index (χ0v) is 16.2. The highest BCUT2D eigenvalue weighted by Gasteiger charge is 2.36. The molecule has 2 aliphatic heterocycles. The second kappa shape index (κ2) is 9.22. The largest absolute Gasteiger partial charge is 0.444 e. The van der Waals surface area contributed by atoms with Gasteiger partial charge in [-0.1, -0.05) is 60.7 Å². The van der Waals surface area contributed by atoms with Gasteiger partial charge in [-0.05, 0) is 17.5 Å². The third kappa shape index (κ3) is 4.72. The molecule has 0 aliphatic carbocycles. The van der Waals surface area contributed by atoms with E-state index in [-0.39, 0.29) is 18.2 Å². The van der Waals surface area contributed by atoms with Crippen LogP contribution < -0.4 is 0 Å². The minimum Gasteiger partial charge on any atom is -0.444 e. The topological polar surface area (TPSA) is 42.0 Å². The van der Waals surface area contributed by atoms with Crippen molar-refractivity contribution < 1.29 is 14.3 Å². The summed E-state index contributed by atoms with van der Waals surface area (Å²) in [6, 6.07) is 20.6. The summed E-state index contributed by atoms with van der Waals surface area (Å²) in [6.07, 6.45) is 1.37. The molecule has 1 amide bonds. The summed E-state index contributed by atoms with van der Waals surface area (Å²) in [5, 5.41) is 0. The molecule has 0 N–H and O–H groups in total. The van der Waals surface area contributed by atoms with Crippen LogP contribution in [0, 0.1) is 0 Å². The molecular formula is C23H28N2O3. The Labute approximate surface area is 166 Å². The maximum absolute atomic E-state index is 12.7. The van der Waals surface area contributed by atoms with Crippen LogP contribution in [0.15, 0.2) is 60.7 Å². The zero-order chi connectivity index (χ0) is 19.2. The summed E-state index contributed by atoms with van der Waals surface area (Å²) in [5.41, 5.74) is 2.37. The van der Waals surface area contributed by atoms with Crippen molar-refractivity contribution in [3.8, 4) is 0 Å². The van der Waals surface area contributed by atoms with Gasteiger partial charge >= 0.3 is 6.09 Å². The van der Waals surface area contributed by atoms with Crippen LogP contribution in [0.2, 0.25) is 0 Å². The first-order valence-corrected chi connectivity index (χ1v) is 10.2. The number of hydrogen-bond acceptors (Lipinski definition) is 4. The standard InChI is InChI=1S/C23H28N2O3/c26-23-25(18-21(28-23)17-19-7-3-1-4-8-19)22(20-9-5-2-6-10-20)11-12-24-13-15-27-16-14-24/h1-10,21-22H,11-18H2/t21-,22+/m1/s1. The molecule has 2 saturated heterocycles. The fourth-order valence-corrected chi connectivity index (χ4v) is 4.09. The van der Waals surface area contributed by atoms with Crippen LogP contribution >= 0.6 is 0 Å². The number of rotatable bonds is 7. The van der Waals surface area contributed by atoms with E-state index in [1.54, 1.807) is 0 Å². The Balaban J connectivity index is 1.45. The van der Waals surface area contributed by atoms with Gasteiger partial charge in [-0.3, -0.25) is 9.80 Å². The second-order valence-corrected chi connectivity index (χ2v) is 7.52. The third-order valence-electron chi connectivity index (χ3n) is 5.59. The molecule has 28 heavy (non-hydrogen) atoms. The molecule has 4 rings (SSSR count). The number of benzene rings is 2.